The molecule has 1 heterocycles. The minimum atomic E-state index is 0.0502. The zero-order valence-corrected chi connectivity index (χ0v) is 14.2. The zero-order valence-electron chi connectivity index (χ0n) is 14.2. The average molecular weight is 341 g/mol. The van der Waals surface area contributed by atoms with Gasteiger partial charge in [0.15, 0.2) is 11.5 Å². The lowest BCUT2D eigenvalue weighted by Gasteiger charge is -2.18. The Morgan fingerprint density at radius 2 is 1.84 bits per heavy atom. The highest BCUT2D eigenvalue weighted by molar-refractivity contribution is 5.75. The maximum atomic E-state index is 11.9. The van der Waals surface area contributed by atoms with E-state index in [0.717, 1.165) is 29.2 Å². The van der Waals surface area contributed by atoms with Crippen LogP contribution >= 0.6 is 0 Å². The van der Waals surface area contributed by atoms with Crippen LogP contribution in [0.5, 0.6) is 17.2 Å². The van der Waals surface area contributed by atoms with Gasteiger partial charge in [0.2, 0.25) is 5.91 Å². The fourth-order valence-corrected chi connectivity index (χ4v) is 2.62. The minimum absolute atomic E-state index is 0.0502. The second kappa shape index (κ2) is 8.97. The van der Waals surface area contributed by atoms with Gasteiger partial charge in [0.05, 0.1) is 6.61 Å². The van der Waals surface area contributed by atoms with E-state index in [1.807, 2.05) is 48.5 Å². The van der Waals surface area contributed by atoms with E-state index >= 15 is 0 Å². The van der Waals surface area contributed by atoms with E-state index in [9.17, 15) is 4.79 Å². The maximum Gasteiger partial charge on any atom is 0.220 e. The largest absolute Gasteiger partial charge is 0.494 e. The van der Waals surface area contributed by atoms with Crippen LogP contribution in [0.2, 0.25) is 0 Å². The Morgan fingerprint density at radius 3 is 2.68 bits per heavy atom. The molecule has 2 aromatic rings. The van der Waals surface area contributed by atoms with Gasteiger partial charge in [-0.3, -0.25) is 4.79 Å². The molecular formula is C20H23NO4. The standard InChI is InChI=1S/C20H23NO4/c22-20(7-4-12-23-17-5-2-1-3-6-17)21-11-10-16-8-9-18-19(15-16)25-14-13-24-18/h1-3,5-6,8-9,15H,4,7,10-14H2,(H,21,22). The van der Waals surface area contributed by atoms with Gasteiger partial charge in [-0.05, 0) is 42.7 Å². The minimum Gasteiger partial charge on any atom is -0.494 e. The summed E-state index contributed by atoms with van der Waals surface area (Å²) in [5.74, 6) is 2.46. The van der Waals surface area contributed by atoms with Crippen LogP contribution in [0.25, 0.3) is 0 Å². The summed E-state index contributed by atoms with van der Waals surface area (Å²) in [6.07, 6.45) is 1.93. The molecule has 5 nitrogen and oxygen atoms in total. The van der Waals surface area contributed by atoms with Gasteiger partial charge in [0.1, 0.15) is 19.0 Å². The van der Waals surface area contributed by atoms with Gasteiger partial charge in [-0.2, -0.15) is 0 Å². The van der Waals surface area contributed by atoms with E-state index in [0.29, 0.717) is 39.2 Å². The molecule has 1 aliphatic rings. The molecule has 0 aromatic heterocycles. The van der Waals surface area contributed by atoms with Crippen molar-refractivity contribution in [1.29, 1.82) is 0 Å². The molecule has 0 saturated heterocycles. The molecule has 132 valence electrons. The second-order valence-corrected chi connectivity index (χ2v) is 5.84. The van der Waals surface area contributed by atoms with Crippen molar-refractivity contribution in [3.63, 3.8) is 0 Å². The molecule has 0 fully saturated rings. The summed E-state index contributed by atoms with van der Waals surface area (Å²) in [6.45, 7) is 2.33. The second-order valence-electron chi connectivity index (χ2n) is 5.84. The summed E-state index contributed by atoms with van der Waals surface area (Å²) >= 11 is 0. The van der Waals surface area contributed by atoms with Crippen LogP contribution in [0.4, 0.5) is 0 Å². The van der Waals surface area contributed by atoms with Gasteiger partial charge in [0, 0.05) is 13.0 Å². The topological polar surface area (TPSA) is 56.8 Å². The Labute approximate surface area is 147 Å². The van der Waals surface area contributed by atoms with E-state index in [4.69, 9.17) is 14.2 Å². The molecular weight excluding hydrogens is 318 g/mol. The van der Waals surface area contributed by atoms with Crippen molar-refractivity contribution in [1.82, 2.24) is 5.32 Å². The van der Waals surface area contributed by atoms with Crippen LogP contribution in [-0.2, 0) is 11.2 Å². The predicted octanol–water partition coefficient (Wildman–Crippen LogP) is 2.98. The number of fused-ring (bicyclic) bond motifs is 1. The van der Waals surface area contributed by atoms with Gasteiger partial charge >= 0.3 is 0 Å². The third kappa shape index (κ3) is 5.41. The lowest BCUT2D eigenvalue weighted by molar-refractivity contribution is -0.121. The number of ether oxygens (including phenoxy) is 3. The van der Waals surface area contributed by atoms with E-state index in [1.54, 1.807) is 0 Å². The van der Waals surface area contributed by atoms with Crippen LogP contribution in [0.3, 0.4) is 0 Å². The summed E-state index contributed by atoms with van der Waals surface area (Å²) in [7, 11) is 0. The lowest BCUT2D eigenvalue weighted by Crippen LogP contribution is -2.25. The molecule has 5 heteroatoms. The molecule has 25 heavy (non-hydrogen) atoms. The number of hydrogen-bond acceptors (Lipinski definition) is 4. The first-order valence-corrected chi connectivity index (χ1v) is 8.64. The molecule has 0 unspecified atom stereocenters. The van der Waals surface area contributed by atoms with Crippen molar-refractivity contribution in [3.05, 3.63) is 54.1 Å². The van der Waals surface area contributed by atoms with Crippen LogP contribution in [0, 0.1) is 0 Å². The zero-order chi connectivity index (χ0) is 17.3. The van der Waals surface area contributed by atoms with E-state index in [-0.39, 0.29) is 5.91 Å². The monoisotopic (exact) mass is 341 g/mol. The third-order valence-corrected chi connectivity index (χ3v) is 3.90. The molecule has 3 rings (SSSR count). The molecule has 1 N–H and O–H groups in total. The first kappa shape index (κ1) is 17.1. The first-order valence-electron chi connectivity index (χ1n) is 8.64. The fourth-order valence-electron chi connectivity index (χ4n) is 2.62. The molecule has 2 aromatic carbocycles. The van der Waals surface area contributed by atoms with Crippen molar-refractivity contribution in [2.45, 2.75) is 19.3 Å². The number of benzene rings is 2. The van der Waals surface area contributed by atoms with Crippen LogP contribution in [0.15, 0.2) is 48.5 Å². The molecule has 1 amide bonds. The molecule has 0 bridgehead atoms. The van der Waals surface area contributed by atoms with Crippen molar-refractivity contribution < 1.29 is 19.0 Å². The van der Waals surface area contributed by atoms with Crippen LogP contribution < -0.4 is 19.5 Å². The van der Waals surface area contributed by atoms with Crippen molar-refractivity contribution in [2.24, 2.45) is 0 Å². The van der Waals surface area contributed by atoms with Gasteiger partial charge < -0.3 is 19.5 Å². The lowest BCUT2D eigenvalue weighted by atomic mass is 10.1. The molecule has 0 spiro atoms. The number of para-hydroxylation sites is 1. The van der Waals surface area contributed by atoms with E-state index < -0.39 is 0 Å². The number of carbonyl (C=O) groups is 1. The highest BCUT2D eigenvalue weighted by Crippen LogP contribution is 2.30. The normalized spacial score (nSPS) is 12.5. The highest BCUT2D eigenvalue weighted by Gasteiger charge is 2.11. The fraction of sp³-hybridized carbons (Fsp3) is 0.350. The maximum absolute atomic E-state index is 11.9. The highest BCUT2D eigenvalue weighted by atomic mass is 16.6. The Kier molecular flexibility index (Phi) is 6.15. The van der Waals surface area contributed by atoms with Gasteiger partial charge in [-0.15, -0.1) is 0 Å². The third-order valence-electron chi connectivity index (χ3n) is 3.90. The Balaban J connectivity index is 1.31. The summed E-state index contributed by atoms with van der Waals surface area (Å²) < 4.78 is 16.6. The number of carbonyl (C=O) groups excluding carboxylic acids is 1. The van der Waals surface area contributed by atoms with E-state index in [1.165, 1.54) is 0 Å². The van der Waals surface area contributed by atoms with Gasteiger partial charge in [-0.25, -0.2) is 0 Å². The number of amides is 1. The van der Waals surface area contributed by atoms with Gasteiger partial charge in [-0.1, -0.05) is 24.3 Å². The Hall–Kier alpha value is -2.69. The van der Waals surface area contributed by atoms with E-state index in [2.05, 4.69) is 5.32 Å². The summed E-state index contributed by atoms with van der Waals surface area (Å²) in [5, 5.41) is 2.94. The Morgan fingerprint density at radius 1 is 1.04 bits per heavy atom. The quantitative estimate of drug-likeness (QED) is 0.750. The number of hydrogen-bond donors (Lipinski definition) is 1. The summed E-state index contributed by atoms with van der Waals surface area (Å²) in [6, 6.07) is 15.5. The Bertz CT molecular complexity index is 687. The SMILES string of the molecule is O=C(CCCOc1ccccc1)NCCc1ccc2c(c1)OCCO2. The molecule has 0 saturated carbocycles. The first-order chi connectivity index (χ1) is 12.3. The van der Waals surface area contributed by atoms with Crippen molar-refractivity contribution in [2.75, 3.05) is 26.4 Å². The number of rotatable bonds is 8. The molecule has 0 aliphatic carbocycles. The summed E-state index contributed by atoms with van der Waals surface area (Å²) in [4.78, 5) is 11.9. The molecule has 0 radical (unpaired) electrons. The summed E-state index contributed by atoms with van der Waals surface area (Å²) in [5.41, 5.74) is 1.12. The smallest absolute Gasteiger partial charge is 0.220 e. The molecule has 0 atom stereocenters. The van der Waals surface area contributed by atoms with Crippen LogP contribution in [0.1, 0.15) is 18.4 Å². The average Bonchev–Trinajstić information content (AvgIpc) is 2.66. The predicted molar refractivity (Wildman–Crippen MR) is 95.3 cm³/mol. The van der Waals surface area contributed by atoms with Crippen molar-refractivity contribution in [3.8, 4) is 17.2 Å². The van der Waals surface area contributed by atoms with Crippen molar-refractivity contribution >= 4 is 5.91 Å². The van der Waals surface area contributed by atoms with Gasteiger partial charge in [0.25, 0.3) is 0 Å². The number of nitrogens with one attached hydrogen (secondary N) is 1. The van der Waals surface area contributed by atoms with Crippen LogP contribution in [-0.4, -0.2) is 32.3 Å². The molecule has 1 aliphatic heterocycles.